The number of hydrogen-bond acceptors (Lipinski definition) is 4. The maximum absolute atomic E-state index is 15.1. The van der Waals surface area contributed by atoms with Crippen LogP contribution in [0.4, 0.5) is 21.5 Å². The van der Waals surface area contributed by atoms with Crippen molar-refractivity contribution in [3.05, 3.63) is 53.3 Å². The van der Waals surface area contributed by atoms with Crippen LogP contribution < -0.4 is 14.7 Å². The zero-order chi connectivity index (χ0) is 23.1. The lowest BCUT2D eigenvalue weighted by Gasteiger charge is -2.34. The highest BCUT2D eigenvalue weighted by Gasteiger charge is 2.29. The third kappa shape index (κ3) is 4.33. The van der Waals surface area contributed by atoms with Crippen molar-refractivity contribution in [3.8, 4) is 0 Å². The first-order valence-corrected chi connectivity index (χ1v) is 12.3. The van der Waals surface area contributed by atoms with Crippen LogP contribution in [0.1, 0.15) is 42.1 Å². The highest BCUT2D eigenvalue weighted by Crippen LogP contribution is 2.32. The Hall–Kier alpha value is -2.60. The van der Waals surface area contributed by atoms with Gasteiger partial charge in [0.05, 0.1) is 5.69 Å². The van der Waals surface area contributed by atoms with Crippen LogP contribution in [0.2, 0.25) is 0 Å². The molecule has 3 aliphatic heterocycles. The molecule has 0 aliphatic carbocycles. The van der Waals surface area contributed by atoms with Gasteiger partial charge in [0.2, 0.25) is 0 Å². The smallest absolute Gasteiger partial charge is 0.258 e. The van der Waals surface area contributed by atoms with Gasteiger partial charge in [-0.3, -0.25) is 4.79 Å². The molecule has 3 heterocycles. The summed E-state index contributed by atoms with van der Waals surface area (Å²) in [5.41, 5.74) is 4.35. The van der Waals surface area contributed by atoms with E-state index < -0.39 is 0 Å². The number of piperidine rings is 1. The summed E-state index contributed by atoms with van der Waals surface area (Å²) in [5, 5.41) is 0. The normalized spacial score (nSPS) is 21.8. The van der Waals surface area contributed by atoms with Gasteiger partial charge in [0.1, 0.15) is 5.82 Å². The van der Waals surface area contributed by atoms with Crippen LogP contribution in [0.3, 0.4) is 0 Å². The van der Waals surface area contributed by atoms with Gasteiger partial charge in [-0.15, -0.1) is 0 Å². The number of rotatable bonds is 4. The van der Waals surface area contributed by atoms with Gasteiger partial charge in [-0.25, -0.2) is 4.39 Å². The summed E-state index contributed by atoms with van der Waals surface area (Å²) in [7, 11) is 4.15. The number of carbonyl (C=O) groups excluding carboxylic acids is 1. The Bertz CT molecular complexity index is 1030. The molecule has 0 spiro atoms. The molecule has 1 atom stereocenters. The van der Waals surface area contributed by atoms with Crippen LogP contribution in [0.5, 0.6) is 0 Å². The van der Waals surface area contributed by atoms with E-state index in [1.807, 2.05) is 18.2 Å². The summed E-state index contributed by atoms with van der Waals surface area (Å²) < 4.78 is 15.1. The SMILES string of the molecule is CC1CCN(c2ccc3c(c2)CCN(c2ccc(N4CCC(N(C)C)C4)c(F)c2)C3=O)CC1. The number of halogens is 1. The van der Waals surface area contributed by atoms with E-state index in [0.717, 1.165) is 56.1 Å². The van der Waals surface area contributed by atoms with Crippen molar-refractivity contribution in [2.75, 3.05) is 61.5 Å². The number of benzene rings is 2. The number of hydrogen-bond donors (Lipinski definition) is 0. The maximum atomic E-state index is 15.1. The average molecular weight is 451 g/mol. The van der Waals surface area contributed by atoms with Gasteiger partial charge in [0.15, 0.2) is 0 Å². The predicted octanol–water partition coefficient (Wildman–Crippen LogP) is 4.41. The summed E-state index contributed by atoms with van der Waals surface area (Å²) in [6.45, 7) is 6.75. The van der Waals surface area contributed by atoms with Crippen molar-refractivity contribution in [2.45, 2.75) is 38.6 Å². The molecule has 0 radical (unpaired) electrons. The minimum Gasteiger partial charge on any atom is -0.372 e. The highest BCUT2D eigenvalue weighted by atomic mass is 19.1. The zero-order valence-corrected chi connectivity index (χ0v) is 20.1. The molecule has 0 saturated carbocycles. The fourth-order valence-corrected chi connectivity index (χ4v) is 5.49. The van der Waals surface area contributed by atoms with Crippen LogP contribution in [-0.2, 0) is 6.42 Å². The van der Waals surface area contributed by atoms with Crippen molar-refractivity contribution in [1.82, 2.24) is 4.90 Å². The Kier molecular flexibility index (Phi) is 6.04. The molecule has 2 aromatic rings. The van der Waals surface area contributed by atoms with Crippen molar-refractivity contribution in [1.29, 1.82) is 0 Å². The molecule has 33 heavy (non-hydrogen) atoms. The maximum Gasteiger partial charge on any atom is 0.258 e. The van der Waals surface area contributed by atoms with E-state index in [0.29, 0.717) is 24.0 Å². The van der Waals surface area contributed by atoms with E-state index in [-0.39, 0.29) is 11.7 Å². The number of likely N-dealkylation sites (N-methyl/N-ethyl adjacent to an activating group) is 1. The van der Waals surface area contributed by atoms with E-state index in [4.69, 9.17) is 0 Å². The van der Waals surface area contributed by atoms with Crippen molar-refractivity contribution >= 4 is 23.0 Å². The van der Waals surface area contributed by atoms with Crippen LogP contribution >= 0.6 is 0 Å². The molecule has 2 fully saturated rings. The van der Waals surface area contributed by atoms with E-state index in [1.54, 1.807) is 4.90 Å². The van der Waals surface area contributed by atoms with Gasteiger partial charge in [-0.1, -0.05) is 6.92 Å². The average Bonchev–Trinajstić information content (AvgIpc) is 3.30. The van der Waals surface area contributed by atoms with Crippen LogP contribution in [0, 0.1) is 11.7 Å². The van der Waals surface area contributed by atoms with E-state index in [2.05, 4.69) is 47.9 Å². The molecule has 2 aromatic carbocycles. The van der Waals surface area contributed by atoms with Gasteiger partial charge >= 0.3 is 0 Å². The second-order valence-electron chi connectivity index (χ2n) is 10.2. The lowest BCUT2D eigenvalue weighted by Crippen LogP contribution is -2.38. The van der Waals surface area contributed by atoms with Crippen LogP contribution in [0.25, 0.3) is 0 Å². The molecule has 6 heteroatoms. The molecule has 2 saturated heterocycles. The molecule has 5 rings (SSSR count). The fraction of sp³-hybridized carbons (Fsp3) is 0.519. The molecule has 0 aromatic heterocycles. The Morgan fingerprint density at radius 1 is 0.909 bits per heavy atom. The topological polar surface area (TPSA) is 30.0 Å². The molecule has 0 N–H and O–H groups in total. The van der Waals surface area contributed by atoms with Gasteiger partial charge in [0, 0.05) is 55.7 Å². The molecular weight excluding hydrogens is 415 g/mol. The molecular formula is C27H35FN4O. The number of carbonyl (C=O) groups is 1. The Balaban J connectivity index is 1.32. The number of fused-ring (bicyclic) bond motifs is 1. The largest absolute Gasteiger partial charge is 0.372 e. The third-order valence-electron chi connectivity index (χ3n) is 7.80. The Morgan fingerprint density at radius 2 is 1.64 bits per heavy atom. The third-order valence-corrected chi connectivity index (χ3v) is 7.80. The van der Waals surface area contributed by atoms with Gasteiger partial charge in [-0.2, -0.15) is 0 Å². The van der Waals surface area contributed by atoms with E-state index in [1.165, 1.54) is 24.6 Å². The van der Waals surface area contributed by atoms with Gasteiger partial charge < -0.3 is 19.6 Å². The molecule has 3 aliphatic rings. The van der Waals surface area contributed by atoms with Crippen LogP contribution in [0.15, 0.2) is 36.4 Å². The lowest BCUT2D eigenvalue weighted by atomic mass is 9.95. The van der Waals surface area contributed by atoms with Crippen LogP contribution in [-0.4, -0.2) is 63.7 Å². The van der Waals surface area contributed by atoms with Crippen molar-refractivity contribution in [3.63, 3.8) is 0 Å². The molecule has 1 unspecified atom stereocenters. The van der Waals surface area contributed by atoms with Gasteiger partial charge in [0.25, 0.3) is 5.91 Å². The van der Waals surface area contributed by atoms with Gasteiger partial charge in [-0.05, 0) is 87.7 Å². The molecule has 5 nitrogen and oxygen atoms in total. The van der Waals surface area contributed by atoms with E-state index >= 15 is 4.39 Å². The first kappa shape index (κ1) is 22.2. The minimum absolute atomic E-state index is 0.0314. The predicted molar refractivity (Wildman–Crippen MR) is 133 cm³/mol. The fourth-order valence-electron chi connectivity index (χ4n) is 5.49. The quantitative estimate of drug-likeness (QED) is 0.691. The number of anilines is 3. The Labute approximate surface area is 196 Å². The molecule has 0 bridgehead atoms. The standard InChI is InChI=1S/C27H35FN4O/c1-19-8-12-30(13-9-19)21-4-6-24-20(16-21)10-15-32(27(24)33)22-5-7-26(25(28)17-22)31-14-11-23(18-31)29(2)3/h4-7,16-17,19,23H,8-15,18H2,1-3H3. The lowest BCUT2D eigenvalue weighted by molar-refractivity contribution is 0.0980. The summed E-state index contributed by atoms with van der Waals surface area (Å²) >= 11 is 0. The first-order valence-electron chi connectivity index (χ1n) is 12.3. The monoisotopic (exact) mass is 450 g/mol. The Morgan fingerprint density at radius 3 is 2.33 bits per heavy atom. The first-order chi connectivity index (χ1) is 15.9. The molecule has 176 valence electrons. The number of amides is 1. The summed E-state index contributed by atoms with van der Waals surface area (Å²) in [6.07, 6.45) is 4.27. The summed E-state index contributed by atoms with van der Waals surface area (Å²) in [6, 6.07) is 12.0. The second-order valence-corrected chi connectivity index (χ2v) is 10.2. The second kappa shape index (κ2) is 8.98. The van der Waals surface area contributed by atoms with Crippen molar-refractivity contribution < 1.29 is 9.18 Å². The minimum atomic E-state index is -0.250. The summed E-state index contributed by atoms with van der Waals surface area (Å²) in [5.74, 6) is 0.511. The highest BCUT2D eigenvalue weighted by molar-refractivity contribution is 6.08. The van der Waals surface area contributed by atoms with E-state index in [9.17, 15) is 4.79 Å². The van der Waals surface area contributed by atoms with Crippen molar-refractivity contribution in [2.24, 2.45) is 5.92 Å². The molecule has 1 amide bonds. The zero-order valence-electron chi connectivity index (χ0n) is 20.1. The summed E-state index contributed by atoms with van der Waals surface area (Å²) in [4.78, 5) is 21.8. The number of nitrogens with zero attached hydrogens (tertiary/aromatic N) is 4.